The summed E-state index contributed by atoms with van der Waals surface area (Å²) in [5.41, 5.74) is 1.85. The van der Waals surface area contributed by atoms with Gasteiger partial charge in [-0.2, -0.15) is 5.10 Å². The van der Waals surface area contributed by atoms with Crippen molar-refractivity contribution in [2.75, 3.05) is 19.7 Å². The maximum Gasteiger partial charge on any atom is 0.341 e. The number of piperidine rings is 1. The van der Waals surface area contributed by atoms with Crippen LogP contribution in [0.1, 0.15) is 41.9 Å². The van der Waals surface area contributed by atoms with Crippen LogP contribution in [0.4, 0.5) is 0 Å². The molecule has 0 aliphatic carbocycles. The molecular weight excluding hydrogens is 292 g/mol. The van der Waals surface area contributed by atoms with Crippen LogP contribution in [-0.4, -0.2) is 44.9 Å². The minimum Gasteiger partial charge on any atom is -0.462 e. The number of ether oxygens (including phenoxy) is 1. The van der Waals surface area contributed by atoms with Gasteiger partial charge in [-0.05, 0) is 38.4 Å². The van der Waals surface area contributed by atoms with Crippen LogP contribution in [0.3, 0.4) is 0 Å². The summed E-state index contributed by atoms with van der Waals surface area (Å²) in [7, 11) is 2.08. The van der Waals surface area contributed by atoms with Crippen LogP contribution in [0.25, 0.3) is 0 Å². The molecule has 6 nitrogen and oxygen atoms in total. The summed E-state index contributed by atoms with van der Waals surface area (Å²) in [6.45, 7) is 5.21. The Morgan fingerprint density at radius 3 is 3.09 bits per heavy atom. The van der Waals surface area contributed by atoms with Gasteiger partial charge < -0.3 is 9.30 Å². The lowest BCUT2D eigenvalue weighted by Gasteiger charge is -2.32. The zero-order valence-corrected chi connectivity index (χ0v) is 13.8. The molecule has 0 radical (unpaired) electrons. The first-order chi connectivity index (χ1) is 11.2. The molecule has 3 heterocycles. The van der Waals surface area contributed by atoms with Crippen molar-refractivity contribution in [1.29, 1.82) is 0 Å². The highest BCUT2D eigenvalue weighted by Crippen LogP contribution is 2.22. The molecule has 1 aliphatic rings. The molecule has 2 aromatic heterocycles. The molecule has 1 fully saturated rings. The number of hydrogen-bond acceptors (Lipinski definition) is 4. The van der Waals surface area contributed by atoms with Crippen molar-refractivity contribution in [3.63, 3.8) is 0 Å². The zero-order chi connectivity index (χ0) is 16.2. The van der Waals surface area contributed by atoms with Gasteiger partial charge >= 0.3 is 5.97 Å². The molecule has 0 amide bonds. The Bertz CT molecular complexity index is 661. The number of carbonyl (C=O) groups is 1. The number of rotatable bonds is 5. The van der Waals surface area contributed by atoms with Gasteiger partial charge in [0.05, 0.1) is 24.4 Å². The molecule has 2 aromatic rings. The lowest BCUT2D eigenvalue weighted by atomic mass is 10.1. The van der Waals surface area contributed by atoms with Gasteiger partial charge in [-0.15, -0.1) is 0 Å². The highest BCUT2D eigenvalue weighted by atomic mass is 16.5. The van der Waals surface area contributed by atoms with E-state index in [0.29, 0.717) is 18.2 Å². The minimum atomic E-state index is -0.296. The molecule has 23 heavy (non-hydrogen) atoms. The molecular formula is C17H24N4O2. The summed E-state index contributed by atoms with van der Waals surface area (Å²) in [5, 5.41) is 4.38. The van der Waals surface area contributed by atoms with Gasteiger partial charge in [0.15, 0.2) is 0 Å². The van der Waals surface area contributed by atoms with Crippen LogP contribution in [-0.2, 0) is 18.3 Å². The van der Waals surface area contributed by atoms with Gasteiger partial charge in [0.2, 0.25) is 0 Å². The SMILES string of the molecule is CCOC(=O)c1cnn(C2CCCN(Cc3cccn3C)C2)c1. The lowest BCUT2D eigenvalue weighted by molar-refractivity contribution is 0.0526. The molecule has 124 valence electrons. The molecule has 3 rings (SSSR count). The highest BCUT2D eigenvalue weighted by molar-refractivity contribution is 5.88. The van der Waals surface area contributed by atoms with Gasteiger partial charge in [0.1, 0.15) is 0 Å². The zero-order valence-electron chi connectivity index (χ0n) is 13.8. The number of esters is 1. The van der Waals surface area contributed by atoms with Crippen molar-refractivity contribution in [3.05, 3.63) is 42.0 Å². The first-order valence-electron chi connectivity index (χ1n) is 8.21. The predicted octanol–water partition coefficient (Wildman–Crippen LogP) is 2.24. The van der Waals surface area contributed by atoms with E-state index in [-0.39, 0.29) is 5.97 Å². The molecule has 0 N–H and O–H groups in total. The maximum atomic E-state index is 11.8. The Balaban J connectivity index is 1.64. The fourth-order valence-electron chi connectivity index (χ4n) is 3.14. The number of nitrogens with zero attached hydrogens (tertiary/aromatic N) is 4. The maximum absolute atomic E-state index is 11.8. The van der Waals surface area contributed by atoms with Crippen LogP contribution < -0.4 is 0 Å². The normalized spacial score (nSPS) is 19.0. The van der Waals surface area contributed by atoms with Crippen molar-refractivity contribution in [2.45, 2.75) is 32.4 Å². The van der Waals surface area contributed by atoms with E-state index in [1.54, 1.807) is 6.20 Å². The Morgan fingerprint density at radius 2 is 2.35 bits per heavy atom. The number of aromatic nitrogens is 3. The largest absolute Gasteiger partial charge is 0.462 e. The molecule has 0 bridgehead atoms. The second-order valence-electron chi connectivity index (χ2n) is 6.07. The van der Waals surface area contributed by atoms with E-state index in [2.05, 4.69) is 39.9 Å². The molecule has 1 atom stereocenters. The summed E-state index contributed by atoms with van der Waals surface area (Å²) >= 11 is 0. The second-order valence-corrected chi connectivity index (χ2v) is 6.07. The molecule has 6 heteroatoms. The molecule has 1 saturated heterocycles. The average molecular weight is 316 g/mol. The number of aryl methyl sites for hydroxylation is 1. The standard InChI is InChI=1S/C17H24N4O2/c1-3-23-17(22)14-10-18-21(11-14)16-7-5-9-20(13-16)12-15-6-4-8-19(15)2/h4,6,8,10-11,16H,3,5,7,9,12-13H2,1-2H3. The Morgan fingerprint density at radius 1 is 1.48 bits per heavy atom. The third-order valence-corrected chi connectivity index (χ3v) is 4.40. The van der Waals surface area contributed by atoms with E-state index in [1.807, 2.05) is 17.8 Å². The summed E-state index contributed by atoms with van der Waals surface area (Å²) < 4.78 is 9.11. The minimum absolute atomic E-state index is 0.296. The van der Waals surface area contributed by atoms with Crippen molar-refractivity contribution >= 4 is 5.97 Å². The number of likely N-dealkylation sites (tertiary alicyclic amines) is 1. The summed E-state index contributed by atoms with van der Waals surface area (Å²) in [6.07, 6.45) is 7.73. The first-order valence-corrected chi connectivity index (χ1v) is 8.21. The van der Waals surface area contributed by atoms with Crippen LogP contribution in [0.5, 0.6) is 0 Å². The Labute approximate surface area is 136 Å². The van der Waals surface area contributed by atoms with E-state index >= 15 is 0 Å². The second kappa shape index (κ2) is 7.00. The van der Waals surface area contributed by atoms with Gasteiger partial charge in [-0.1, -0.05) is 0 Å². The quantitative estimate of drug-likeness (QED) is 0.794. The van der Waals surface area contributed by atoms with Crippen molar-refractivity contribution < 1.29 is 9.53 Å². The van der Waals surface area contributed by atoms with Crippen molar-refractivity contribution in [3.8, 4) is 0 Å². The lowest BCUT2D eigenvalue weighted by Crippen LogP contribution is -2.36. The fourth-order valence-corrected chi connectivity index (χ4v) is 3.14. The summed E-state index contributed by atoms with van der Waals surface area (Å²) in [6, 6.07) is 4.55. The molecule has 0 aromatic carbocycles. The van der Waals surface area contributed by atoms with Gasteiger partial charge in [-0.25, -0.2) is 4.79 Å². The third kappa shape index (κ3) is 3.64. The molecule has 0 saturated carbocycles. The van der Waals surface area contributed by atoms with Crippen LogP contribution in [0.15, 0.2) is 30.7 Å². The smallest absolute Gasteiger partial charge is 0.341 e. The van der Waals surface area contributed by atoms with Crippen LogP contribution in [0, 0.1) is 0 Å². The van der Waals surface area contributed by atoms with Crippen LogP contribution >= 0.6 is 0 Å². The number of carbonyl (C=O) groups excluding carboxylic acids is 1. The predicted molar refractivity (Wildman–Crippen MR) is 87.1 cm³/mol. The van der Waals surface area contributed by atoms with E-state index in [4.69, 9.17) is 4.74 Å². The van der Waals surface area contributed by atoms with E-state index < -0.39 is 0 Å². The fraction of sp³-hybridized carbons (Fsp3) is 0.529. The topological polar surface area (TPSA) is 52.3 Å². The molecule has 1 unspecified atom stereocenters. The monoisotopic (exact) mass is 316 g/mol. The summed E-state index contributed by atoms with van der Waals surface area (Å²) in [5.74, 6) is -0.296. The Kier molecular flexibility index (Phi) is 4.81. The van der Waals surface area contributed by atoms with Gasteiger partial charge in [-0.3, -0.25) is 9.58 Å². The van der Waals surface area contributed by atoms with Gasteiger partial charge in [0, 0.05) is 38.2 Å². The van der Waals surface area contributed by atoms with E-state index in [1.165, 1.54) is 5.69 Å². The summed E-state index contributed by atoms with van der Waals surface area (Å²) in [4.78, 5) is 14.2. The molecule has 0 spiro atoms. The third-order valence-electron chi connectivity index (χ3n) is 4.40. The highest BCUT2D eigenvalue weighted by Gasteiger charge is 2.23. The van der Waals surface area contributed by atoms with Crippen molar-refractivity contribution in [1.82, 2.24) is 19.2 Å². The van der Waals surface area contributed by atoms with Crippen LogP contribution in [0.2, 0.25) is 0 Å². The molecule has 1 aliphatic heterocycles. The average Bonchev–Trinajstić information content (AvgIpc) is 3.18. The van der Waals surface area contributed by atoms with Gasteiger partial charge in [0.25, 0.3) is 0 Å². The first kappa shape index (κ1) is 15.8. The van der Waals surface area contributed by atoms with Crippen molar-refractivity contribution in [2.24, 2.45) is 7.05 Å². The Hall–Kier alpha value is -2.08. The van der Waals surface area contributed by atoms with E-state index in [0.717, 1.165) is 32.5 Å². The van der Waals surface area contributed by atoms with E-state index in [9.17, 15) is 4.79 Å². The number of hydrogen-bond donors (Lipinski definition) is 0.